The molecule has 0 unspecified atom stereocenters. The van der Waals surface area contributed by atoms with Crippen molar-refractivity contribution in [1.29, 1.82) is 0 Å². The van der Waals surface area contributed by atoms with Gasteiger partial charge in [-0.15, -0.1) is 0 Å². The molecule has 0 saturated heterocycles. The van der Waals surface area contributed by atoms with Crippen LogP contribution < -0.4 is 14.8 Å². The van der Waals surface area contributed by atoms with Gasteiger partial charge in [0.05, 0.1) is 14.2 Å². The van der Waals surface area contributed by atoms with Crippen LogP contribution in [-0.2, 0) is 4.79 Å². The smallest absolute Gasteiger partial charge is 0.248 e. The van der Waals surface area contributed by atoms with E-state index in [9.17, 15) is 4.79 Å². The molecule has 2 aromatic rings. The van der Waals surface area contributed by atoms with Gasteiger partial charge in [-0.05, 0) is 25.1 Å². The van der Waals surface area contributed by atoms with E-state index in [1.165, 1.54) is 6.08 Å². The number of methoxy groups -OCH3 is 2. The van der Waals surface area contributed by atoms with Crippen molar-refractivity contribution in [2.75, 3.05) is 19.5 Å². The van der Waals surface area contributed by atoms with Crippen LogP contribution in [0.4, 0.5) is 5.69 Å². The predicted octanol–water partition coefficient (Wildman–Crippen LogP) is 3.26. The van der Waals surface area contributed by atoms with Crippen molar-refractivity contribution >= 4 is 17.7 Å². The van der Waals surface area contributed by atoms with Crippen molar-refractivity contribution in [3.63, 3.8) is 0 Å². The zero-order valence-electron chi connectivity index (χ0n) is 12.2. The first-order valence-corrected chi connectivity index (χ1v) is 6.39. The number of carbonyl (C=O) groups excluding carboxylic acids is 1. The molecule has 2 rings (SSSR count). The Morgan fingerprint density at radius 3 is 2.33 bits per heavy atom. The summed E-state index contributed by atoms with van der Waals surface area (Å²) in [5.74, 6) is 2.38. The molecule has 0 saturated carbocycles. The maximum Gasteiger partial charge on any atom is 0.248 e. The lowest BCUT2D eigenvalue weighted by Gasteiger charge is -2.08. The van der Waals surface area contributed by atoms with E-state index in [2.05, 4.69) is 5.32 Å². The number of hydrogen-bond acceptors (Lipinski definition) is 4. The van der Waals surface area contributed by atoms with Gasteiger partial charge in [0.1, 0.15) is 23.0 Å². The van der Waals surface area contributed by atoms with Crippen molar-refractivity contribution in [3.05, 3.63) is 47.9 Å². The van der Waals surface area contributed by atoms with Crippen LogP contribution in [0.5, 0.6) is 11.5 Å². The Hall–Kier alpha value is -2.69. The molecule has 1 heterocycles. The van der Waals surface area contributed by atoms with Crippen LogP contribution >= 0.6 is 0 Å². The number of rotatable bonds is 5. The third-order valence-electron chi connectivity index (χ3n) is 2.78. The first-order chi connectivity index (χ1) is 10.1. The molecule has 5 nitrogen and oxygen atoms in total. The Morgan fingerprint density at radius 2 is 1.81 bits per heavy atom. The molecule has 0 spiro atoms. The second-order valence-corrected chi connectivity index (χ2v) is 4.37. The summed E-state index contributed by atoms with van der Waals surface area (Å²) in [7, 11) is 3.11. The van der Waals surface area contributed by atoms with Gasteiger partial charge in [0, 0.05) is 30.0 Å². The average Bonchev–Trinajstić information content (AvgIpc) is 2.90. The largest absolute Gasteiger partial charge is 0.497 e. The molecule has 0 fully saturated rings. The van der Waals surface area contributed by atoms with Crippen LogP contribution in [0, 0.1) is 6.92 Å². The summed E-state index contributed by atoms with van der Waals surface area (Å²) in [5, 5.41) is 2.74. The Kier molecular flexibility index (Phi) is 4.66. The molecule has 0 radical (unpaired) electrons. The SMILES string of the molecule is COc1cc(NC(=O)C=Cc2ccc(C)o2)cc(OC)c1. The van der Waals surface area contributed by atoms with Gasteiger partial charge in [0.2, 0.25) is 5.91 Å². The number of nitrogens with one attached hydrogen (secondary N) is 1. The third kappa shape index (κ3) is 4.14. The van der Waals surface area contributed by atoms with Crippen LogP contribution in [0.3, 0.4) is 0 Å². The van der Waals surface area contributed by atoms with Gasteiger partial charge in [0.25, 0.3) is 0 Å². The molecule has 1 aromatic carbocycles. The fourth-order valence-corrected chi connectivity index (χ4v) is 1.76. The second kappa shape index (κ2) is 6.65. The van der Waals surface area contributed by atoms with Gasteiger partial charge in [0.15, 0.2) is 0 Å². The fourth-order valence-electron chi connectivity index (χ4n) is 1.76. The number of benzene rings is 1. The zero-order valence-corrected chi connectivity index (χ0v) is 12.2. The van der Waals surface area contributed by atoms with E-state index in [0.717, 1.165) is 5.76 Å². The molecule has 21 heavy (non-hydrogen) atoms. The normalized spacial score (nSPS) is 10.6. The average molecular weight is 287 g/mol. The van der Waals surface area contributed by atoms with E-state index >= 15 is 0 Å². The molecule has 1 N–H and O–H groups in total. The third-order valence-corrected chi connectivity index (χ3v) is 2.78. The number of anilines is 1. The van der Waals surface area contributed by atoms with Crippen LogP contribution in [0.25, 0.3) is 6.08 Å². The number of hydrogen-bond donors (Lipinski definition) is 1. The summed E-state index contributed by atoms with van der Waals surface area (Å²) in [6.07, 6.45) is 3.02. The molecule has 0 atom stereocenters. The summed E-state index contributed by atoms with van der Waals surface area (Å²) >= 11 is 0. The summed E-state index contributed by atoms with van der Waals surface area (Å²) < 4.78 is 15.6. The Bertz CT molecular complexity index is 636. The van der Waals surface area contributed by atoms with E-state index in [1.54, 1.807) is 44.6 Å². The lowest BCUT2D eigenvalue weighted by Crippen LogP contribution is -2.08. The van der Waals surface area contributed by atoms with Crippen molar-refractivity contribution in [1.82, 2.24) is 0 Å². The van der Waals surface area contributed by atoms with E-state index < -0.39 is 0 Å². The van der Waals surface area contributed by atoms with Crippen LogP contribution in [0.2, 0.25) is 0 Å². The molecule has 0 aliphatic carbocycles. The second-order valence-electron chi connectivity index (χ2n) is 4.37. The summed E-state index contributed by atoms with van der Waals surface area (Å²) in [6.45, 7) is 1.85. The lowest BCUT2D eigenvalue weighted by molar-refractivity contribution is -0.111. The number of amides is 1. The standard InChI is InChI=1S/C16H17NO4/c1-11-4-5-13(21-11)6-7-16(18)17-12-8-14(19-2)10-15(9-12)20-3/h4-10H,1-3H3,(H,17,18). The van der Waals surface area contributed by atoms with Gasteiger partial charge >= 0.3 is 0 Å². The zero-order chi connectivity index (χ0) is 15.2. The Balaban J connectivity index is 2.07. The van der Waals surface area contributed by atoms with E-state index in [0.29, 0.717) is 22.9 Å². The molecular formula is C16H17NO4. The minimum atomic E-state index is -0.264. The first-order valence-electron chi connectivity index (χ1n) is 6.39. The van der Waals surface area contributed by atoms with Crippen molar-refractivity contribution in [3.8, 4) is 11.5 Å². The van der Waals surface area contributed by atoms with Crippen molar-refractivity contribution < 1.29 is 18.7 Å². The highest BCUT2D eigenvalue weighted by Crippen LogP contribution is 2.25. The van der Waals surface area contributed by atoms with Gasteiger partial charge in [-0.25, -0.2) is 0 Å². The number of carbonyl (C=O) groups is 1. The topological polar surface area (TPSA) is 60.7 Å². The molecule has 0 aliphatic heterocycles. The number of aryl methyl sites for hydroxylation is 1. The van der Waals surface area contributed by atoms with E-state index in [-0.39, 0.29) is 5.91 Å². The van der Waals surface area contributed by atoms with Crippen LogP contribution in [0.1, 0.15) is 11.5 Å². The number of ether oxygens (including phenoxy) is 2. The predicted molar refractivity (Wildman–Crippen MR) is 80.7 cm³/mol. The van der Waals surface area contributed by atoms with E-state index in [1.807, 2.05) is 13.0 Å². The minimum Gasteiger partial charge on any atom is -0.497 e. The van der Waals surface area contributed by atoms with Crippen molar-refractivity contribution in [2.24, 2.45) is 0 Å². The molecule has 5 heteroatoms. The Morgan fingerprint density at radius 1 is 1.14 bits per heavy atom. The monoisotopic (exact) mass is 287 g/mol. The van der Waals surface area contributed by atoms with Gasteiger partial charge in [-0.3, -0.25) is 4.79 Å². The highest BCUT2D eigenvalue weighted by molar-refractivity contribution is 6.01. The Labute approximate surface area is 123 Å². The highest BCUT2D eigenvalue weighted by Gasteiger charge is 2.04. The highest BCUT2D eigenvalue weighted by atomic mass is 16.5. The molecule has 0 aliphatic rings. The fraction of sp³-hybridized carbons (Fsp3) is 0.188. The van der Waals surface area contributed by atoms with Gasteiger partial charge in [-0.2, -0.15) is 0 Å². The molecular weight excluding hydrogens is 270 g/mol. The van der Waals surface area contributed by atoms with Gasteiger partial charge in [-0.1, -0.05) is 0 Å². The number of furan rings is 1. The van der Waals surface area contributed by atoms with Crippen LogP contribution in [-0.4, -0.2) is 20.1 Å². The molecule has 1 amide bonds. The summed E-state index contributed by atoms with van der Waals surface area (Å²) in [6, 6.07) is 8.80. The summed E-state index contributed by atoms with van der Waals surface area (Å²) in [5.41, 5.74) is 0.594. The maximum atomic E-state index is 11.9. The van der Waals surface area contributed by atoms with Gasteiger partial charge < -0.3 is 19.2 Å². The van der Waals surface area contributed by atoms with E-state index in [4.69, 9.17) is 13.9 Å². The molecule has 0 bridgehead atoms. The summed E-state index contributed by atoms with van der Waals surface area (Å²) in [4.78, 5) is 11.9. The first kappa shape index (κ1) is 14.7. The quantitative estimate of drug-likeness (QED) is 0.857. The molecule has 110 valence electrons. The van der Waals surface area contributed by atoms with Crippen molar-refractivity contribution in [2.45, 2.75) is 6.92 Å². The lowest BCUT2D eigenvalue weighted by atomic mass is 10.2. The van der Waals surface area contributed by atoms with Crippen LogP contribution in [0.15, 0.2) is 40.8 Å². The molecule has 1 aromatic heterocycles. The minimum absolute atomic E-state index is 0.264. The maximum absolute atomic E-state index is 11.9.